The average molecular weight is 267 g/mol. The number of aliphatic hydroxyl groups excluding tert-OH is 1. The Labute approximate surface area is 115 Å². The summed E-state index contributed by atoms with van der Waals surface area (Å²) in [5.41, 5.74) is 8.83. The number of nitrogens with two attached hydrogens (primary N) is 1. The molecule has 2 nitrogen and oxygen atoms in total. The summed E-state index contributed by atoms with van der Waals surface area (Å²) >= 11 is 1.71. The van der Waals surface area contributed by atoms with Crippen LogP contribution in [0.25, 0.3) is 0 Å². The van der Waals surface area contributed by atoms with Crippen molar-refractivity contribution in [2.24, 2.45) is 5.73 Å². The zero-order valence-electron chi connectivity index (χ0n) is 11.8. The summed E-state index contributed by atoms with van der Waals surface area (Å²) < 4.78 is 0. The summed E-state index contributed by atoms with van der Waals surface area (Å²) in [6.07, 6.45) is 0. The molecule has 2 unspecified atom stereocenters. The highest BCUT2D eigenvalue weighted by Gasteiger charge is 2.14. The van der Waals surface area contributed by atoms with E-state index in [-0.39, 0.29) is 23.3 Å². The summed E-state index contributed by atoms with van der Waals surface area (Å²) in [5, 5.41) is 9.24. The van der Waals surface area contributed by atoms with Crippen molar-refractivity contribution in [1.82, 2.24) is 0 Å². The van der Waals surface area contributed by atoms with E-state index in [2.05, 4.69) is 45.0 Å². The predicted molar refractivity (Wildman–Crippen MR) is 81.1 cm³/mol. The molecule has 1 aromatic carbocycles. The fraction of sp³-hybridized carbons (Fsp3) is 0.600. The van der Waals surface area contributed by atoms with Crippen LogP contribution in [0.3, 0.4) is 0 Å². The fourth-order valence-electron chi connectivity index (χ4n) is 1.65. The Bertz CT molecular complexity index is 356. The molecule has 3 N–H and O–H groups in total. The van der Waals surface area contributed by atoms with Crippen LogP contribution in [0, 0.1) is 0 Å². The molecule has 0 aromatic heterocycles. The lowest BCUT2D eigenvalue weighted by atomic mass is 9.86. The van der Waals surface area contributed by atoms with Crippen molar-refractivity contribution < 1.29 is 5.11 Å². The Morgan fingerprint density at radius 3 is 2.22 bits per heavy atom. The molecule has 3 heteroatoms. The first-order chi connectivity index (χ1) is 8.34. The van der Waals surface area contributed by atoms with Crippen molar-refractivity contribution in [2.75, 3.05) is 12.4 Å². The number of hydrogen-bond donors (Lipinski definition) is 2. The average Bonchev–Trinajstić information content (AvgIpc) is 2.34. The highest BCUT2D eigenvalue weighted by Crippen LogP contribution is 2.25. The summed E-state index contributed by atoms with van der Waals surface area (Å²) in [7, 11) is 0. The fourth-order valence-corrected chi connectivity index (χ4v) is 2.48. The largest absolute Gasteiger partial charge is 0.395 e. The van der Waals surface area contributed by atoms with E-state index in [0.29, 0.717) is 0 Å². The lowest BCUT2D eigenvalue weighted by Gasteiger charge is -2.20. The Kier molecular flexibility index (Phi) is 5.70. The molecule has 0 aliphatic heterocycles. The second kappa shape index (κ2) is 6.60. The molecule has 0 fully saturated rings. The van der Waals surface area contributed by atoms with Gasteiger partial charge in [-0.25, -0.2) is 0 Å². The van der Waals surface area contributed by atoms with Crippen LogP contribution >= 0.6 is 11.8 Å². The van der Waals surface area contributed by atoms with Gasteiger partial charge in [0.2, 0.25) is 0 Å². The molecular weight excluding hydrogens is 242 g/mol. The summed E-state index contributed by atoms with van der Waals surface area (Å²) in [6.45, 7) is 8.85. The highest BCUT2D eigenvalue weighted by atomic mass is 32.2. The van der Waals surface area contributed by atoms with Crippen molar-refractivity contribution in [3.05, 3.63) is 35.4 Å². The van der Waals surface area contributed by atoms with Gasteiger partial charge in [-0.2, -0.15) is 11.8 Å². The second-order valence-corrected chi connectivity index (χ2v) is 7.28. The monoisotopic (exact) mass is 267 g/mol. The lowest BCUT2D eigenvalue weighted by molar-refractivity contribution is 0.300. The minimum atomic E-state index is 0.0398. The number of aliphatic hydroxyl groups is 1. The third-order valence-corrected chi connectivity index (χ3v) is 4.29. The topological polar surface area (TPSA) is 46.2 Å². The van der Waals surface area contributed by atoms with Crippen LogP contribution in [0.5, 0.6) is 0 Å². The molecule has 1 aromatic rings. The number of rotatable bonds is 5. The Morgan fingerprint density at radius 2 is 1.78 bits per heavy atom. The highest BCUT2D eigenvalue weighted by molar-refractivity contribution is 7.99. The van der Waals surface area contributed by atoms with E-state index in [0.717, 1.165) is 5.75 Å². The molecule has 0 radical (unpaired) electrons. The van der Waals surface area contributed by atoms with Crippen molar-refractivity contribution in [3.63, 3.8) is 0 Å². The molecule has 2 atom stereocenters. The SMILES string of the molecule is CC(CO)SCC(N)c1ccc(C(C)(C)C)cc1. The van der Waals surface area contributed by atoms with Gasteiger partial charge in [-0.1, -0.05) is 52.0 Å². The lowest BCUT2D eigenvalue weighted by Crippen LogP contribution is -2.17. The predicted octanol–water partition coefficient (Wildman–Crippen LogP) is 3.10. The van der Waals surface area contributed by atoms with Gasteiger partial charge in [0.25, 0.3) is 0 Å². The molecular formula is C15H25NOS. The number of thioether (sulfide) groups is 1. The van der Waals surface area contributed by atoms with Crippen LogP contribution in [0.4, 0.5) is 0 Å². The quantitative estimate of drug-likeness (QED) is 0.861. The van der Waals surface area contributed by atoms with Crippen molar-refractivity contribution in [3.8, 4) is 0 Å². The van der Waals surface area contributed by atoms with Gasteiger partial charge in [-0.05, 0) is 16.5 Å². The van der Waals surface area contributed by atoms with Gasteiger partial charge in [-0.3, -0.25) is 0 Å². The smallest absolute Gasteiger partial charge is 0.0547 e. The molecule has 0 saturated carbocycles. The first kappa shape index (κ1) is 15.5. The van der Waals surface area contributed by atoms with Gasteiger partial charge in [0, 0.05) is 17.0 Å². The molecule has 102 valence electrons. The van der Waals surface area contributed by atoms with Crippen LogP contribution in [0.2, 0.25) is 0 Å². The van der Waals surface area contributed by atoms with Gasteiger partial charge in [-0.15, -0.1) is 0 Å². The molecule has 0 aliphatic rings. The molecule has 0 aliphatic carbocycles. The van der Waals surface area contributed by atoms with Crippen molar-refractivity contribution >= 4 is 11.8 Å². The normalized spacial score (nSPS) is 15.4. The van der Waals surface area contributed by atoms with E-state index in [1.54, 1.807) is 11.8 Å². The van der Waals surface area contributed by atoms with Gasteiger partial charge >= 0.3 is 0 Å². The van der Waals surface area contributed by atoms with Crippen molar-refractivity contribution in [1.29, 1.82) is 0 Å². The molecule has 0 spiro atoms. The molecule has 0 saturated heterocycles. The summed E-state index contributed by atoms with van der Waals surface area (Å²) in [6, 6.07) is 8.60. The van der Waals surface area contributed by atoms with Gasteiger partial charge in [0.15, 0.2) is 0 Å². The Balaban J connectivity index is 2.62. The number of hydrogen-bond acceptors (Lipinski definition) is 3. The molecule has 18 heavy (non-hydrogen) atoms. The van der Waals surface area contributed by atoms with Gasteiger partial charge < -0.3 is 10.8 Å². The zero-order valence-corrected chi connectivity index (χ0v) is 12.6. The van der Waals surface area contributed by atoms with E-state index in [9.17, 15) is 0 Å². The number of benzene rings is 1. The minimum absolute atomic E-state index is 0.0398. The first-order valence-corrected chi connectivity index (χ1v) is 7.48. The standard InChI is InChI=1S/C15H25NOS/c1-11(9-17)18-10-14(16)12-5-7-13(8-6-12)15(2,3)4/h5-8,11,14,17H,9-10,16H2,1-4H3. The maximum atomic E-state index is 8.98. The van der Waals surface area contributed by atoms with Crippen LogP contribution in [-0.2, 0) is 5.41 Å². The van der Waals surface area contributed by atoms with Crippen molar-refractivity contribution in [2.45, 2.75) is 44.4 Å². The van der Waals surface area contributed by atoms with E-state index in [1.807, 2.05) is 6.92 Å². The third kappa shape index (κ3) is 4.63. The molecule has 0 amide bonds. The summed E-state index contributed by atoms with van der Waals surface area (Å²) in [4.78, 5) is 0. The van der Waals surface area contributed by atoms with E-state index < -0.39 is 0 Å². The second-order valence-electron chi connectivity index (χ2n) is 5.81. The molecule has 0 bridgehead atoms. The van der Waals surface area contributed by atoms with E-state index in [1.165, 1.54) is 11.1 Å². The first-order valence-electron chi connectivity index (χ1n) is 6.43. The zero-order chi connectivity index (χ0) is 13.8. The maximum absolute atomic E-state index is 8.98. The Hall–Kier alpha value is -0.510. The molecule has 1 rings (SSSR count). The van der Waals surface area contributed by atoms with Gasteiger partial charge in [0.1, 0.15) is 0 Å². The van der Waals surface area contributed by atoms with Crippen LogP contribution < -0.4 is 5.73 Å². The molecule has 0 heterocycles. The Morgan fingerprint density at radius 1 is 1.22 bits per heavy atom. The van der Waals surface area contributed by atoms with Crippen LogP contribution in [-0.4, -0.2) is 22.7 Å². The van der Waals surface area contributed by atoms with Gasteiger partial charge in [0.05, 0.1) is 6.61 Å². The summed E-state index contributed by atoms with van der Waals surface area (Å²) in [5.74, 6) is 0.844. The van der Waals surface area contributed by atoms with E-state index in [4.69, 9.17) is 10.8 Å². The van der Waals surface area contributed by atoms with Crippen LogP contribution in [0.1, 0.15) is 44.9 Å². The van der Waals surface area contributed by atoms with Crippen LogP contribution in [0.15, 0.2) is 24.3 Å². The minimum Gasteiger partial charge on any atom is -0.395 e. The van der Waals surface area contributed by atoms with E-state index >= 15 is 0 Å². The maximum Gasteiger partial charge on any atom is 0.0547 e. The third-order valence-electron chi connectivity index (χ3n) is 3.02.